The minimum atomic E-state index is -0.932. The molecule has 5 rings (SSSR count). The molecule has 2 aromatic carbocycles. The first kappa shape index (κ1) is 40.4. The van der Waals surface area contributed by atoms with Gasteiger partial charge in [-0.25, -0.2) is 24.2 Å². The van der Waals surface area contributed by atoms with E-state index in [-0.39, 0.29) is 62.3 Å². The van der Waals surface area contributed by atoms with Crippen molar-refractivity contribution in [1.82, 2.24) is 19.4 Å². The standard InChI is InChI=1S/C40H44ClN5O9/c1-20(2)36(48)46(37(49)21(3)4)35-23(18-42-19-43-35)14-22-15-29(52-10)34(53-11)33-25(22)17-28(54-33)32(47)30-26-16-24(41)12-13-27(26)45(31(30)38(50)44(8)9)39(51)55-40(5,6)7/h12-13,15-21H,14H2,1-11H3. The number of rotatable bonds is 10. The summed E-state index contributed by atoms with van der Waals surface area (Å²) in [6, 6.07) is 7.76. The van der Waals surface area contributed by atoms with Gasteiger partial charge in [0, 0.05) is 59.9 Å². The van der Waals surface area contributed by atoms with Crippen molar-refractivity contribution in [3.63, 3.8) is 0 Å². The van der Waals surface area contributed by atoms with Gasteiger partial charge in [-0.05, 0) is 56.7 Å². The maximum Gasteiger partial charge on any atom is 0.419 e. The number of halogens is 1. The molecule has 0 aliphatic carbocycles. The number of nitrogens with zero attached hydrogens (tertiary/aromatic N) is 5. The van der Waals surface area contributed by atoms with Crippen molar-refractivity contribution in [2.24, 2.45) is 11.8 Å². The molecule has 0 N–H and O–H groups in total. The average Bonchev–Trinajstić information content (AvgIpc) is 3.71. The van der Waals surface area contributed by atoms with Crippen LogP contribution in [0.3, 0.4) is 0 Å². The molecule has 3 amide bonds. The first-order chi connectivity index (χ1) is 25.8. The van der Waals surface area contributed by atoms with Gasteiger partial charge < -0.3 is 23.5 Å². The molecule has 55 heavy (non-hydrogen) atoms. The molecule has 0 radical (unpaired) electrons. The lowest BCUT2D eigenvalue weighted by Crippen LogP contribution is -2.43. The minimum absolute atomic E-state index is 0.0609. The quantitative estimate of drug-likeness (QED) is 0.131. The third-order valence-electron chi connectivity index (χ3n) is 8.59. The Morgan fingerprint density at radius 1 is 0.909 bits per heavy atom. The fraction of sp³-hybridized carbons (Fsp3) is 0.375. The van der Waals surface area contributed by atoms with Gasteiger partial charge in [0.2, 0.25) is 23.3 Å². The van der Waals surface area contributed by atoms with Crippen molar-refractivity contribution < 1.29 is 42.6 Å². The molecule has 0 saturated heterocycles. The molecule has 0 atom stereocenters. The van der Waals surface area contributed by atoms with Crippen molar-refractivity contribution in [1.29, 1.82) is 0 Å². The highest BCUT2D eigenvalue weighted by molar-refractivity contribution is 6.32. The monoisotopic (exact) mass is 773 g/mol. The Kier molecular flexibility index (Phi) is 11.4. The zero-order chi connectivity index (χ0) is 40.7. The van der Waals surface area contributed by atoms with Gasteiger partial charge in [-0.15, -0.1) is 0 Å². The summed E-state index contributed by atoms with van der Waals surface area (Å²) >= 11 is 6.43. The SMILES string of the molecule is COc1cc(Cc2cncnc2N(C(=O)C(C)C)C(=O)C(C)C)c2cc(C(=O)c3c(C(=O)N(C)C)n(C(=O)OC(C)(C)C)c4ccc(Cl)cc34)oc2c1OC. The summed E-state index contributed by atoms with van der Waals surface area (Å²) < 4.78 is 24.4. The summed E-state index contributed by atoms with van der Waals surface area (Å²) in [6.45, 7) is 11.8. The Bertz CT molecular complexity index is 2330. The number of hydrogen-bond donors (Lipinski definition) is 0. The largest absolute Gasteiger partial charge is 0.493 e. The van der Waals surface area contributed by atoms with Crippen LogP contribution in [0.25, 0.3) is 21.9 Å². The smallest absolute Gasteiger partial charge is 0.419 e. The number of benzene rings is 2. The summed E-state index contributed by atoms with van der Waals surface area (Å²) in [5.41, 5.74) is 0.0204. The third-order valence-corrected chi connectivity index (χ3v) is 8.82. The van der Waals surface area contributed by atoms with Gasteiger partial charge in [-0.1, -0.05) is 39.3 Å². The highest BCUT2D eigenvalue weighted by Crippen LogP contribution is 2.42. The first-order valence-corrected chi connectivity index (χ1v) is 17.9. The Morgan fingerprint density at radius 3 is 2.13 bits per heavy atom. The zero-order valence-electron chi connectivity index (χ0n) is 32.7. The number of fused-ring (bicyclic) bond motifs is 2. The second kappa shape index (κ2) is 15.5. The number of amides is 3. The summed E-state index contributed by atoms with van der Waals surface area (Å²) in [5.74, 6) is -2.90. The topological polar surface area (TPSA) is 163 Å². The van der Waals surface area contributed by atoms with Crippen LogP contribution in [0, 0.1) is 11.8 Å². The highest BCUT2D eigenvalue weighted by atomic mass is 35.5. The molecule has 0 unspecified atom stereocenters. The van der Waals surface area contributed by atoms with E-state index in [0.717, 1.165) is 9.47 Å². The Morgan fingerprint density at radius 2 is 1.56 bits per heavy atom. The summed E-state index contributed by atoms with van der Waals surface area (Å²) in [6.07, 6.45) is 1.97. The van der Waals surface area contributed by atoms with Crippen molar-refractivity contribution in [2.75, 3.05) is 33.2 Å². The Balaban J connectivity index is 1.77. The predicted octanol–water partition coefficient (Wildman–Crippen LogP) is 7.33. The van der Waals surface area contributed by atoms with Gasteiger partial charge in [0.1, 0.15) is 23.4 Å². The fourth-order valence-corrected chi connectivity index (χ4v) is 6.23. The van der Waals surface area contributed by atoms with E-state index >= 15 is 0 Å². The van der Waals surface area contributed by atoms with Crippen LogP contribution in [0.1, 0.15) is 86.2 Å². The highest BCUT2D eigenvalue weighted by Gasteiger charge is 2.36. The van der Waals surface area contributed by atoms with Crippen LogP contribution in [-0.4, -0.2) is 82.9 Å². The van der Waals surface area contributed by atoms with Crippen LogP contribution >= 0.6 is 11.6 Å². The van der Waals surface area contributed by atoms with Crippen molar-refractivity contribution in [2.45, 2.75) is 60.5 Å². The van der Waals surface area contributed by atoms with Gasteiger partial charge in [0.15, 0.2) is 17.1 Å². The number of furan rings is 1. The maximum atomic E-state index is 14.8. The number of ketones is 1. The molecule has 0 saturated carbocycles. The summed E-state index contributed by atoms with van der Waals surface area (Å²) in [7, 11) is 5.86. The number of carbonyl (C=O) groups excluding carboxylic acids is 5. The molecule has 0 aliphatic heterocycles. The normalized spacial score (nSPS) is 11.7. The van der Waals surface area contributed by atoms with Gasteiger partial charge in [0.05, 0.1) is 25.3 Å². The van der Waals surface area contributed by atoms with Gasteiger partial charge in [0.25, 0.3) is 5.91 Å². The lowest BCUT2D eigenvalue weighted by atomic mass is 9.99. The van der Waals surface area contributed by atoms with Crippen LogP contribution in [0.5, 0.6) is 11.5 Å². The molecule has 14 nitrogen and oxygen atoms in total. The summed E-state index contributed by atoms with van der Waals surface area (Å²) in [5, 5.41) is 0.892. The maximum absolute atomic E-state index is 14.8. The van der Waals surface area contributed by atoms with Crippen LogP contribution in [0.15, 0.2) is 47.3 Å². The molecule has 0 aliphatic rings. The van der Waals surface area contributed by atoms with E-state index in [2.05, 4.69) is 9.97 Å². The van der Waals surface area contributed by atoms with E-state index in [1.807, 2.05) is 0 Å². The van der Waals surface area contributed by atoms with Crippen LogP contribution in [0.2, 0.25) is 5.02 Å². The number of anilines is 1. The molecule has 290 valence electrons. The Labute approximate surface area is 323 Å². The number of hydrogen-bond acceptors (Lipinski definition) is 11. The lowest BCUT2D eigenvalue weighted by Gasteiger charge is -2.25. The third kappa shape index (κ3) is 7.77. The van der Waals surface area contributed by atoms with Crippen LogP contribution in [0.4, 0.5) is 10.6 Å². The molecular formula is C40H44ClN5O9. The molecule has 0 bridgehead atoms. The Hall–Kier alpha value is -5.76. The van der Waals surface area contributed by atoms with Crippen LogP contribution in [-0.2, 0) is 20.7 Å². The predicted molar refractivity (Wildman–Crippen MR) is 206 cm³/mol. The molecule has 15 heteroatoms. The molecule has 5 aromatic rings. The van der Waals surface area contributed by atoms with E-state index in [1.165, 1.54) is 63.9 Å². The van der Waals surface area contributed by atoms with Gasteiger partial charge in [-0.2, -0.15) is 0 Å². The van der Waals surface area contributed by atoms with Gasteiger partial charge >= 0.3 is 6.09 Å². The molecule has 3 heterocycles. The van der Waals surface area contributed by atoms with E-state index in [0.29, 0.717) is 16.5 Å². The number of carbonyl (C=O) groups is 5. The average molecular weight is 774 g/mol. The van der Waals surface area contributed by atoms with Crippen molar-refractivity contribution in [3.8, 4) is 11.5 Å². The molecule has 0 fully saturated rings. The number of methoxy groups -OCH3 is 2. The minimum Gasteiger partial charge on any atom is -0.493 e. The van der Waals surface area contributed by atoms with Crippen molar-refractivity contribution in [3.05, 3.63) is 76.0 Å². The number of ether oxygens (including phenoxy) is 3. The van der Waals surface area contributed by atoms with E-state index in [4.69, 9.17) is 30.2 Å². The molecule has 0 spiro atoms. The number of aromatic nitrogens is 3. The van der Waals surface area contributed by atoms with E-state index in [1.54, 1.807) is 60.6 Å². The second-order valence-corrected chi connectivity index (χ2v) is 15.2. The zero-order valence-corrected chi connectivity index (χ0v) is 33.4. The first-order valence-electron chi connectivity index (χ1n) is 17.5. The van der Waals surface area contributed by atoms with Crippen molar-refractivity contribution >= 4 is 68.9 Å². The summed E-state index contributed by atoms with van der Waals surface area (Å²) in [4.78, 5) is 80.2. The molecule has 3 aromatic heterocycles. The van der Waals surface area contributed by atoms with E-state index in [9.17, 15) is 24.0 Å². The fourth-order valence-electron chi connectivity index (χ4n) is 6.06. The number of imide groups is 1. The second-order valence-electron chi connectivity index (χ2n) is 14.7. The molecular weight excluding hydrogens is 730 g/mol. The van der Waals surface area contributed by atoms with Gasteiger partial charge in [-0.3, -0.25) is 19.2 Å². The lowest BCUT2D eigenvalue weighted by molar-refractivity contribution is -0.129. The van der Waals surface area contributed by atoms with E-state index < -0.39 is 47.0 Å². The van der Waals surface area contributed by atoms with Crippen LogP contribution < -0.4 is 14.4 Å².